The van der Waals surface area contributed by atoms with Crippen molar-refractivity contribution in [3.8, 4) is 0 Å². The van der Waals surface area contributed by atoms with Crippen LogP contribution in [-0.4, -0.2) is 43.7 Å². The number of ether oxygens (including phenoxy) is 4. The van der Waals surface area contributed by atoms with Gasteiger partial charge in [-0.1, -0.05) is 0 Å². The minimum Gasteiger partial charge on any atom is -0.477 e. The van der Waals surface area contributed by atoms with E-state index in [1.807, 2.05) is 0 Å². The predicted molar refractivity (Wildman–Crippen MR) is 39.8 cm³/mol. The Balaban J connectivity index is 2.72. The molecule has 0 spiro atoms. The zero-order valence-corrected chi connectivity index (χ0v) is 7.64. The molecule has 76 valence electrons. The van der Waals surface area contributed by atoms with E-state index in [9.17, 15) is 4.79 Å². The maximum Gasteiger partial charge on any atom is 0.364 e. The van der Waals surface area contributed by atoms with Crippen molar-refractivity contribution in [2.24, 2.45) is 0 Å². The third-order valence-corrected chi connectivity index (χ3v) is 1.76. The third kappa shape index (κ3) is 1.80. The van der Waals surface area contributed by atoms with Gasteiger partial charge in [0.1, 0.15) is 0 Å². The lowest BCUT2D eigenvalue weighted by molar-refractivity contribution is -0.219. The van der Waals surface area contributed by atoms with Gasteiger partial charge in [0.25, 0.3) is 5.79 Å². The maximum absolute atomic E-state index is 10.7. The van der Waals surface area contributed by atoms with Gasteiger partial charge in [0, 0.05) is 21.1 Å². The highest BCUT2D eigenvalue weighted by Crippen LogP contribution is 2.29. The van der Waals surface area contributed by atoms with Crippen LogP contribution in [0.25, 0.3) is 0 Å². The summed E-state index contributed by atoms with van der Waals surface area (Å²) < 4.78 is 19.6. The monoisotopic (exact) mass is 192 g/mol. The van der Waals surface area contributed by atoms with Gasteiger partial charge >= 0.3 is 5.97 Å². The van der Waals surface area contributed by atoms with E-state index in [-0.39, 0.29) is 0 Å². The molecule has 0 radical (unpaired) electrons. The van der Waals surface area contributed by atoms with Crippen LogP contribution < -0.4 is 0 Å². The molecule has 0 amide bonds. The lowest BCUT2D eigenvalue weighted by atomic mass is 10.3. The quantitative estimate of drug-likeness (QED) is 0.666. The summed E-state index contributed by atoms with van der Waals surface area (Å²) >= 11 is 0. The summed E-state index contributed by atoms with van der Waals surface area (Å²) in [5, 5.41) is 8.74. The van der Waals surface area contributed by atoms with Gasteiger partial charge in [-0.05, 0) is 0 Å². The van der Waals surface area contributed by atoms with E-state index in [0.29, 0.717) is 0 Å². The Morgan fingerprint density at radius 2 is 1.69 bits per heavy atom. The Bertz CT molecular complexity index is 191. The van der Waals surface area contributed by atoms with E-state index in [1.165, 1.54) is 21.1 Å². The van der Waals surface area contributed by atoms with E-state index >= 15 is 0 Å². The van der Waals surface area contributed by atoms with Crippen molar-refractivity contribution in [1.82, 2.24) is 0 Å². The largest absolute Gasteiger partial charge is 0.477 e. The van der Waals surface area contributed by atoms with Crippen molar-refractivity contribution in [3.63, 3.8) is 0 Å². The predicted octanol–water partition coefficient (Wildman–Crippen LogP) is -0.221. The van der Waals surface area contributed by atoms with Crippen LogP contribution in [0.5, 0.6) is 0 Å². The average molecular weight is 192 g/mol. The van der Waals surface area contributed by atoms with Crippen LogP contribution >= 0.6 is 0 Å². The normalized spacial score (nSPS) is 39.3. The molecule has 1 aliphatic heterocycles. The smallest absolute Gasteiger partial charge is 0.364 e. The van der Waals surface area contributed by atoms with Crippen molar-refractivity contribution >= 4 is 5.97 Å². The molecule has 0 bridgehead atoms. The summed E-state index contributed by atoms with van der Waals surface area (Å²) in [5.74, 6) is -2.91. The highest BCUT2D eigenvalue weighted by atomic mass is 16.9. The number of carboxylic acid groups (broad SMARTS) is 1. The molecule has 2 unspecified atom stereocenters. The molecule has 1 heterocycles. The number of methoxy groups -OCH3 is 2. The second-order valence-electron chi connectivity index (χ2n) is 2.69. The molecule has 0 aliphatic carbocycles. The van der Waals surface area contributed by atoms with Crippen LogP contribution in [0, 0.1) is 0 Å². The summed E-state index contributed by atoms with van der Waals surface area (Å²) in [4.78, 5) is 10.7. The summed E-state index contributed by atoms with van der Waals surface area (Å²) in [6.45, 7) is 1.29. The van der Waals surface area contributed by atoms with Gasteiger partial charge in [-0.3, -0.25) is 0 Å². The molecule has 1 saturated heterocycles. The first-order valence-electron chi connectivity index (χ1n) is 3.68. The standard InChI is InChI=1S/C7H12O6/c1-7(6(8)9)12-4(10-2)5(11-3)13-7/h4-5H,1-3H3,(H,8,9). The van der Waals surface area contributed by atoms with Gasteiger partial charge in [0.15, 0.2) is 0 Å². The van der Waals surface area contributed by atoms with E-state index in [0.717, 1.165) is 0 Å². The van der Waals surface area contributed by atoms with Gasteiger partial charge in [0.05, 0.1) is 0 Å². The van der Waals surface area contributed by atoms with E-state index in [2.05, 4.69) is 0 Å². The number of hydrogen-bond donors (Lipinski definition) is 1. The van der Waals surface area contributed by atoms with Gasteiger partial charge in [-0.25, -0.2) is 4.79 Å². The number of carboxylic acids is 1. The summed E-state index contributed by atoms with van der Waals surface area (Å²) in [5.41, 5.74) is 0. The van der Waals surface area contributed by atoms with Crippen molar-refractivity contribution in [1.29, 1.82) is 0 Å². The van der Waals surface area contributed by atoms with Gasteiger partial charge in [0.2, 0.25) is 12.6 Å². The molecular weight excluding hydrogens is 180 g/mol. The molecule has 0 aromatic heterocycles. The molecule has 1 aliphatic rings. The van der Waals surface area contributed by atoms with Crippen molar-refractivity contribution < 1.29 is 28.8 Å². The van der Waals surface area contributed by atoms with Crippen molar-refractivity contribution in [2.75, 3.05) is 14.2 Å². The molecule has 6 heteroatoms. The topological polar surface area (TPSA) is 74.2 Å². The van der Waals surface area contributed by atoms with Crippen molar-refractivity contribution in [2.45, 2.75) is 25.3 Å². The summed E-state index contributed by atoms with van der Waals surface area (Å²) in [6.07, 6.45) is -1.63. The fraction of sp³-hybridized carbons (Fsp3) is 0.857. The third-order valence-electron chi connectivity index (χ3n) is 1.76. The highest BCUT2D eigenvalue weighted by Gasteiger charge is 2.50. The fourth-order valence-electron chi connectivity index (χ4n) is 1.00. The van der Waals surface area contributed by atoms with Crippen LogP contribution in [0.1, 0.15) is 6.92 Å². The van der Waals surface area contributed by atoms with Crippen LogP contribution in [0.2, 0.25) is 0 Å². The van der Waals surface area contributed by atoms with Crippen LogP contribution in [0.15, 0.2) is 0 Å². The Hall–Kier alpha value is -0.690. The lowest BCUT2D eigenvalue weighted by Crippen LogP contribution is -2.37. The Morgan fingerprint density at radius 3 is 1.92 bits per heavy atom. The van der Waals surface area contributed by atoms with Crippen LogP contribution in [0.3, 0.4) is 0 Å². The minimum absolute atomic E-state index is 0.814. The Morgan fingerprint density at radius 1 is 1.31 bits per heavy atom. The highest BCUT2D eigenvalue weighted by molar-refractivity contribution is 5.75. The summed E-state index contributed by atoms with van der Waals surface area (Å²) in [7, 11) is 2.77. The van der Waals surface area contributed by atoms with Crippen molar-refractivity contribution in [3.05, 3.63) is 0 Å². The number of carbonyl (C=O) groups is 1. The lowest BCUT2D eigenvalue weighted by Gasteiger charge is -2.15. The molecule has 0 aromatic rings. The second-order valence-corrected chi connectivity index (χ2v) is 2.69. The molecule has 1 fully saturated rings. The molecule has 0 saturated carbocycles. The number of hydrogen-bond acceptors (Lipinski definition) is 5. The zero-order valence-electron chi connectivity index (χ0n) is 7.64. The molecule has 0 aromatic carbocycles. The van der Waals surface area contributed by atoms with E-state index in [1.54, 1.807) is 0 Å². The Labute approximate surface area is 75.3 Å². The molecular formula is C7H12O6. The van der Waals surface area contributed by atoms with Crippen LogP contribution in [-0.2, 0) is 23.7 Å². The van der Waals surface area contributed by atoms with E-state index in [4.69, 9.17) is 24.1 Å². The number of rotatable bonds is 3. The molecule has 1 rings (SSSR count). The first kappa shape index (κ1) is 10.4. The SMILES string of the molecule is COC1OC(C)(C(=O)O)OC1OC. The minimum atomic E-state index is -1.69. The Kier molecular flexibility index (Phi) is 2.87. The molecule has 6 nitrogen and oxygen atoms in total. The van der Waals surface area contributed by atoms with E-state index < -0.39 is 24.3 Å². The molecule has 2 atom stereocenters. The van der Waals surface area contributed by atoms with Gasteiger partial charge in [-0.2, -0.15) is 0 Å². The average Bonchev–Trinajstić information content (AvgIpc) is 2.43. The number of aliphatic carboxylic acids is 1. The fourth-order valence-corrected chi connectivity index (χ4v) is 1.00. The summed E-state index contributed by atoms with van der Waals surface area (Å²) in [6, 6.07) is 0. The first-order chi connectivity index (χ1) is 6.03. The maximum atomic E-state index is 10.7. The first-order valence-corrected chi connectivity index (χ1v) is 3.68. The van der Waals surface area contributed by atoms with Gasteiger partial charge < -0.3 is 24.1 Å². The van der Waals surface area contributed by atoms with Gasteiger partial charge in [-0.15, -0.1) is 0 Å². The zero-order chi connectivity index (χ0) is 10.1. The molecule has 1 N–H and O–H groups in total. The van der Waals surface area contributed by atoms with Crippen LogP contribution in [0.4, 0.5) is 0 Å². The molecule has 13 heavy (non-hydrogen) atoms. The second kappa shape index (κ2) is 3.59.